The Kier molecular flexibility index (Phi) is 4.94. The molecule has 0 aliphatic heterocycles. The van der Waals surface area contributed by atoms with Gasteiger partial charge in [0.05, 0.1) is 6.61 Å². The number of hydrogen-bond donors (Lipinski definition) is 1. The lowest BCUT2D eigenvalue weighted by Gasteiger charge is -2.12. The van der Waals surface area contributed by atoms with E-state index in [0.717, 1.165) is 6.39 Å². The van der Waals surface area contributed by atoms with Crippen LogP contribution in [0, 0.1) is 0 Å². The van der Waals surface area contributed by atoms with Gasteiger partial charge in [-0.05, 0) is 6.92 Å². The number of ether oxygens (including phenoxy) is 1. The number of nitrogens with zero attached hydrogens (tertiary/aromatic N) is 1. The molecule has 0 aliphatic carbocycles. The summed E-state index contributed by atoms with van der Waals surface area (Å²) in [7, 11) is -2.46. The van der Waals surface area contributed by atoms with Crippen LogP contribution >= 0.6 is 0 Å². The average Bonchev–Trinajstić information content (AvgIpc) is 2.97. The van der Waals surface area contributed by atoms with Crippen molar-refractivity contribution in [2.45, 2.75) is 12.2 Å². The van der Waals surface area contributed by atoms with Gasteiger partial charge in [0.2, 0.25) is 10.0 Å². The zero-order valence-electron chi connectivity index (χ0n) is 12.1. The van der Waals surface area contributed by atoms with Gasteiger partial charge < -0.3 is 9.15 Å². The van der Waals surface area contributed by atoms with Crippen LogP contribution in [-0.2, 0) is 14.8 Å². The number of aromatic nitrogens is 1. The summed E-state index contributed by atoms with van der Waals surface area (Å²) >= 11 is 0. The van der Waals surface area contributed by atoms with Gasteiger partial charge in [-0.3, -0.25) is 4.79 Å². The monoisotopic (exact) mass is 324 g/mol. The number of sulfonamides is 1. The van der Waals surface area contributed by atoms with Gasteiger partial charge in [-0.25, -0.2) is 18.1 Å². The second-order valence-electron chi connectivity index (χ2n) is 4.64. The fourth-order valence-corrected chi connectivity index (χ4v) is 2.68. The number of amides is 1. The van der Waals surface area contributed by atoms with Gasteiger partial charge in [-0.2, -0.15) is 0 Å². The van der Waals surface area contributed by atoms with Crippen LogP contribution in [0.3, 0.4) is 0 Å². The SMILES string of the molecule is COCC(C)S(=O)(=O)NC(=O)c1ncoc1-c1ccccc1. The van der Waals surface area contributed by atoms with Crippen molar-refractivity contribution >= 4 is 15.9 Å². The summed E-state index contributed by atoms with van der Waals surface area (Å²) in [4.78, 5) is 16.0. The van der Waals surface area contributed by atoms with Crippen molar-refractivity contribution in [3.05, 3.63) is 42.4 Å². The molecule has 1 amide bonds. The lowest BCUT2D eigenvalue weighted by Crippen LogP contribution is -2.39. The van der Waals surface area contributed by atoms with Crippen LogP contribution in [0.1, 0.15) is 17.4 Å². The van der Waals surface area contributed by atoms with Crippen LogP contribution < -0.4 is 4.72 Å². The summed E-state index contributed by atoms with van der Waals surface area (Å²) in [5.41, 5.74) is 0.548. The molecule has 0 spiro atoms. The third-order valence-electron chi connectivity index (χ3n) is 2.98. The molecule has 118 valence electrons. The summed E-state index contributed by atoms with van der Waals surface area (Å²) in [6.45, 7) is 1.42. The second kappa shape index (κ2) is 6.71. The van der Waals surface area contributed by atoms with Crippen LogP contribution in [0.5, 0.6) is 0 Å². The molecule has 22 heavy (non-hydrogen) atoms. The first-order chi connectivity index (χ1) is 10.5. The average molecular weight is 324 g/mol. The third kappa shape index (κ3) is 3.52. The zero-order valence-corrected chi connectivity index (χ0v) is 13.0. The molecular weight excluding hydrogens is 308 g/mol. The Labute approximate surface area is 128 Å². The zero-order chi connectivity index (χ0) is 16.2. The van der Waals surface area contributed by atoms with E-state index in [2.05, 4.69) is 4.98 Å². The Morgan fingerprint density at radius 1 is 1.36 bits per heavy atom. The number of carbonyl (C=O) groups excluding carboxylic acids is 1. The van der Waals surface area contributed by atoms with E-state index >= 15 is 0 Å². The van der Waals surface area contributed by atoms with Crippen molar-refractivity contribution < 1.29 is 22.4 Å². The molecular formula is C14H16N2O5S. The van der Waals surface area contributed by atoms with E-state index in [4.69, 9.17) is 9.15 Å². The summed E-state index contributed by atoms with van der Waals surface area (Å²) in [6, 6.07) is 8.84. The maximum absolute atomic E-state index is 12.2. The number of nitrogens with one attached hydrogen (secondary N) is 1. The fourth-order valence-electron chi connectivity index (χ4n) is 1.80. The maximum atomic E-state index is 12.2. The highest BCUT2D eigenvalue weighted by molar-refractivity contribution is 7.90. The van der Waals surface area contributed by atoms with Gasteiger partial charge in [0, 0.05) is 12.7 Å². The van der Waals surface area contributed by atoms with E-state index in [1.54, 1.807) is 24.3 Å². The number of oxazole rings is 1. The molecule has 2 aromatic rings. The van der Waals surface area contributed by atoms with E-state index in [1.807, 2.05) is 10.8 Å². The topological polar surface area (TPSA) is 98.5 Å². The number of hydrogen-bond acceptors (Lipinski definition) is 6. The van der Waals surface area contributed by atoms with Gasteiger partial charge in [-0.15, -0.1) is 0 Å². The van der Waals surface area contributed by atoms with Gasteiger partial charge in [0.25, 0.3) is 5.91 Å². The molecule has 0 radical (unpaired) electrons. The standard InChI is InChI=1S/C14H16N2O5S/c1-10(8-20-2)22(18,19)16-14(17)12-13(21-9-15-12)11-6-4-3-5-7-11/h3-7,9-10H,8H2,1-2H3,(H,16,17). The minimum atomic E-state index is -3.85. The summed E-state index contributed by atoms with van der Waals surface area (Å²) in [5.74, 6) is -0.622. The van der Waals surface area contributed by atoms with Crippen LogP contribution in [0.2, 0.25) is 0 Å². The molecule has 0 aliphatic rings. The highest BCUT2D eigenvalue weighted by atomic mass is 32.2. The normalized spacial score (nSPS) is 12.8. The quantitative estimate of drug-likeness (QED) is 0.863. The Balaban J connectivity index is 2.24. The predicted molar refractivity (Wildman–Crippen MR) is 79.7 cm³/mol. The summed E-state index contributed by atoms with van der Waals surface area (Å²) in [6.07, 6.45) is 1.10. The molecule has 0 fully saturated rings. The van der Waals surface area contributed by atoms with Crippen molar-refractivity contribution in [1.82, 2.24) is 9.71 Å². The van der Waals surface area contributed by atoms with Crippen LogP contribution in [0.4, 0.5) is 0 Å². The van der Waals surface area contributed by atoms with Gasteiger partial charge >= 0.3 is 0 Å². The summed E-state index contributed by atoms with van der Waals surface area (Å²) < 4.78 is 36.0. The third-order valence-corrected chi connectivity index (χ3v) is 4.65. The van der Waals surface area contributed by atoms with Gasteiger partial charge in [0.1, 0.15) is 5.25 Å². The molecule has 1 aromatic heterocycles. The van der Waals surface area contributed by atoms with Crippen LogP contribution in [0.15, 0.2) is 41.1 Å². The van der Waals surface area contributed by atoms with E-state index in [9.17, 15) is 13.2 Å². The van der Waals surface area contributed by atoms with Crippen LogP contribution in [0.25, 0.3) is 11.3 Å². The molecule has 1 atom stereocenters. The maximum Gasteiger partial charge on any atom is 0.287 e. The number of rotatable bonds is 6. The highest BCUT2D eigenvalue weighted by Gasteiger charge is 2.27. The van der Waals surface area contributed by atoms with Crippen LogP contribution in [-0.4, -0.2) is 38.3 Å². The molecule has 1 heterocycles. The Morgan fingerprint density at radius 3 is 2.68 bits per heavy atom. The largest absolute Gasteiger partial charge is 0.443 e. The lowest BCUT2D eigenvalue weighted by molar-refractivity contribution is 0.0976. The van der Waals surface area contributed by atoms with Gasteiger partial charge in [-0.1, -0.05) is 30.3 Å². The molecule has 0 bridgehead atoms. The van der Waals surface area contributed by atoms with Crippen molar-refractivity contribution in [1.29, 1.82) is 0 Å². The minimum Gasteiger partial charge on any atom is -0.443 e. The Bertz CT molecular complexity index is 740. The number of carbonyl (C=O) groups is 1. The molecule has 1 N–H and O–H groups in total. The van der Waals surface area contributed by atoms with Crippen molar-refractivity contribution in [3.8, 4) is 11.3 Å². The van der Waals surface area contributed by atoms with E-state index < -0.39 is 21.2 Å². The Morgan fingerprint density at radius 2 is 2.05 bits per heavy atom. The molecule has 0 saturated heterocycles. The highest BCUT2D eigenvalue weighted by Crippen LogP contribution is 2.22. The molecule has 1 unspecified atom stereocenters. The first-order valence-corrected chi connectivity index (χ1v) is 8.04. The fraction of sp³-hybridized carbons (Fsp3) is 0.286. The molecule has 7 nitrogen and oxygen atoms in total. The first kappa shape index (κ1) is 16.2. The molecule has 8 heteroatoms. The summed E-state index contributed by atoms with van der Waals surface area (Å²) in [5, 5.41) is -0.867. The van der Waals surface area contributed by atoms with Crippen molar-refractivity contribution in [2.24, 2.45) is 0 Å². The number of benzene rings is 1. The van der Waals surface area contributed by atoms with E-state index in [1.165, 1.54) is 14.0 Å². The van der Waals surface area contributed by atoms with Crippen molar-refractivity contribution in [2.75, 3.05) is 13.7 Å². The molecule has 2 rings (SSSR count). The van der Waals surface area contributed by atoms with E-state index in [0.29, 0.717) is 5.56 Å². The van der Waals surface area contributed by atoms with E-state index in [-0.39, 0.29) is 18.1 Å². The molecule has 1 aromatic carbocycles. The number of methoxy groups -OCH3 is 1. The van der Waals surface area contributed by atoms with Gasteiger partial charge in [0.15, 0.2) is 17.8 Å². The first-order valence-electron chi connectivity index (χ1n) is 6.49. The Hall–Kier alpha value is -2.19. The second-order valence-corrected chi connectivity index (χ2v) is 6.74. The molecule has 0 saturated carbocycles. The predicted octanol–water partition coefficient (Wildman–Crippen LogP) is 1.44. The lowest BCUT2D eigenvalue weighted by atomic mass is 10.1. The minimum absolute atomic E-state index is 0.0209. The smallest absolute Gasteiger partial charge is 0.287 e. The van der Waals surface area contributed by atoms with Crippen molar-refractivity contribution in [3.63, 3.8) is 0 Å².